The van der Waals surface area contributed by atoms with Crippen LogP contribution in [0.2, 0.25) is 0 Å². The summed E-state index contributed by atoms with van der Waals surface area (Å²) < 4.78 is 22.6. The zero-order chi connectivity index (χ0) is 20.3. The van der Waals surface area contributed by atoms with E-state index >= 15 is 0 Å². The highest BCUT2D eigenvalue weighted by atomic mass is 32.2. The van der Waals surface area contributed by atoms with Crippen molar-refractivity contribution in [3.63, 3.8) is 0 Å². The van der Waals surface area contributed by atoms with Crippen LogP contribution in [0.3, 0.4) is 0 Å². The van der Waals surface area contributed by atoms with Gasteiger partial charge < -0.3 is 5.32 Å². The zero-order valence-electron chi connectivity index (χ0n) is 15.3. The fraction of sp³-hybridized carbons (Fsp3) is 0.250. The van der Waals surface area contributed by atoms with Crippen molar-refractivity contribution in [3.05, 3.63) is 59.7 Å². The lowest BCUT2D eigenvalue weighted by Crippen LogP contribution is -2.32. The number of nitrogens with zero attached hydrogens (tertiary/aromatic N) is 2. The molecule has 0 aromatic heterocycles. The molecule has 1 aliphatic heterocycles. The molecule has 1 fully saturated rings. The number of rotatable bonds is 6. The molecule has 1 atom stereocenters. The Bertz CT molecular complexity index is 1060. The molecular weight excluding hydrogens is 378 g/mol. The lowest BCUT2D eigenvalue weighted by atomic mass is 9.99. The van der Waals surface area contributed by atoms with Gasteiger partial charge in [-0.3, -0.25) is 9.69 Å². The average molecular weight is 397 g/mol. The van der Waals surface area contributed by atoms with E-state index in [2.05, 4.69) is 11.4 Å². The molecule has 28 heavy (non-hydrogen) atoms. The number of nitrogens with one attached hydrogen (secondary N) is 1. The fourth-order valence-electron chi connectivity index (χ4n) is 3.06. The molecule has 144 valence electrons. The fourth-order valence-corrected chi connectivity index (χ4v) is 3.72. The maximum Gasteiger partial charge on any atom is 0.325 e. The van der Waals surface area contributed by atoms with Gasteiger partial charge in [-0.25, -0.2) is 13.2 Å². The number of carbonyl (C=O) groups excluding carboxylic acids is 2. The van der Waals surface area contributed by atoms with Crippen LogP contribution in [0.15, 0.2) is 48.5 Å². The minimum atomic E-state index is -3.21. The second kappa shape index (κ2) is 7.82. The molecule has 3 rings (SSSR count). The van der Waals surface area contributed by atoms with E-state index in [0.717, 1.165) is 27.8 Å². The minimum absolute atomic E-state index is 0.0593. The van der Waals surface area contributed by atoms with Crippen molar-refractivity contribution >= 4 is 21.8 Å². The van der Waals surface area contributed by atoms with Gasteiger partial charge in [0.15, 0.2) is 0 Å². The van der Waals surface area contributed by atoms with Crippen molar-refractivity contribution in [1.29, 1.82) is 5.26 Å². The van der Waals surface area contributed by atoms with Gasteiger partial charge in [0, 0.05) is 6.26 Å². The van der Waals surface area contributed by atoms with Gasteiger partial charge in [0.25, 0.3) is 5.91 Å². The van der Waals surface area contributed by atoms with E-state index in [1.165, 1.54) is 0 Å². The Labute approximate surface area is 163 Å². The molecule has 1 heterocycles. The zero-order valence-corrected chi connectivity index (χ0v) is 16.1. The third-order valence-electron chi connectivity index (χ3n) is 4.54. The number of benzene rings is 2. The maximum absolute atomic E-state index is 12.4. The predicted molar refractivity (Wildman–Crippen MR) is 104 cm³/mol. The van der Waals surface area contributed by atoms with Gasteiger partial charge in [-0.2, -0.15) is 5.26 Å². The number of hydrogen-bond donors (Lipinski definition) is 1. The van der Waals surface area contributed by atoms with Crippen LogP contribution < -0.4 is 5.32 Å². The minimum Gasteiger partial charge on any atom is -0.326 e. The summed E-state index contributed by atoms with van der Waals surface area (Å²) in [5.41, 5.74) is 3.00. The SMILES string of the molecule is CS(=O)(=O)CC[C@H]1NC(=O)N(Cc2ccc(-c3ccccc3C#N)cc2)C1=O. The molecule has 0 spiro atoms. The summed E-state index contributed by atoms with van der Waals surface area (Å²) in [6.45, 7) is 0.0974. The number of nitriles is 1. The molecular formula is C20H19N3O4S. The number of amides is 3. The highest BCUT2D eigenvalue weighted by Crippen LogP contribution is 2.24. The van der Waals surface area contributed by atoms with Crippen LogP contribution in [0, 0.1) is 11.3 Å². The number of imide groups is 1. The summed E-state index contributed by atoms with van der Waals surface area (Å²) in [5.74, 6) is -0.586. The second-order valence-corrected chi connectivity index (χ2v) is 8.96. The average Bonchev–Trinajstić information content (AvgIpc) is 2.94. The number of carbonyl (C=O) groups is 2. The Kier molecular flexibility index (Phi) is 5.47. The van der Waals surface area contributed by atoms with Crippen molar-refractivity contribution in [2.45, 2.75) is 19.0 Å². The van der Waals surface area contributed by atoms with E-state index in [0.29, 0.717) is 5.56 Å². The molecule has 7 nitrogen and oxygen atoms in total. The van der Waals surface area contributed by atoms with E-state index in [9.17, 15) is 23.3 Å². The highest BCUT2D eigenvalue weighted by Gasteiger charge is 2.37. The third-order valence-corrected chi connectivity index (χ3v) is 5.51. The van der Waals surface area contributed by atoms with Gasteiger partial charge in [-0.1, -0.05) is 42.5 Å². The first kappa shape index (κ1) is 19.6. The quantitative estimate of drug-likeness (QED) is 0.751. The van der Waals surface area contributed by atoms with Crippen LogP contribution in [-0.4, -0.2) is 43.3 Å². The van der Waals surface area contributed by atoms with Crippen molar-refractivity contribution in [1.82, 2.24) is 10.2 Å². The topological polar surface area (TPSA) is 107 Å². The monoisotopic (exact) mass is 397 g/mol. The van der Waals surface area contributed by atoms with Crippen LogP contribution in [0.5, 0.6) is 0 Å². The van der Waals surface area contributed by atoms with E-state index in [1.807, 2.05) is 24.3 Å². The van der Waals surface area contributed by atoms with Crippen molar-refractivity contribution < 1.29 is 18.0 Å². The first-order valence-electron chi connectivity index (χ1n) is 8.66. The highest BCUT2D eigenvalue weighted by molar-refractivity contribution is 7.90. The van der Waals surface area contributed by atoms with E-state index in [4.69, 9.17) is 0 Å². The van der Waals surface area contributed by atoms with Crippen LogP contribution in [0.25, 0.3) is 11.1 Å². The summed E-state index contributed by atoms with van der Waals surface area (Å²) in [5, 5.41) is 11.8. The molecule has 8 heteroatoms. The number of hydrogen-bond acceptors (Lipinski definition) is 5. The first-order valence-corrected chi connectivity index (χ1v) is 10.7. The van der Waals surface area contributed by atoms with Crippen LogP contribution in [-0.2, 0) is 21.2 Å². The van der Waals surface area contributed by atoms with Gasteiger partial charge in [-0.05, 0) is 29.2 Å². The molecule has 0 aliphatic carbocycles. The summed E-state index contributed by atoms with van der Waals surface area (Å²) in [7, 11) is -3.21. The van der Waals surface area contributed by atoms with Crippen molar-refractivity contribution in [3.8, 4) is 17.2 Å². The molecule has 1 N–H and O–H groups in total. The predicted octanol–water partition coefficient (Wildman–Crippen LogP) is 2.08. The Balaban J connectivity index is 1.71. The van der Waals surface area contributed by atoms with Gasteiger partial charge in [0.05, 0.1) is 23.9 Å². The van der Waals surface area contributed by atoms with Gasteiger partial charge >= 0.3 is 6.03 Å². The molecule has 0 radical (unpaired) electrons. The molecule has 1 saturated heterocycles. The summed E-state index contributed by atoms with van der Waals surface area (Å²) in [6, 6.07) is 15.3. The third kappa shape index (κ3) is 4.38. The summed E-state index contributed by atoms with van der Waals surface area (Å²) >= 11 is 0. The molecule has 0 bridgehead atoms. The second-order valence-electron chi connectivity index (χ2n) is 6.70. The largest absolute Gasteiger partial charge is 0.326 e. The Hall–Kier alpha value is -3.18. The van der Waals surface area contributed by atoms with Crippen molar-refractivity contribution in [2.24, 2.45) is 0 Å². The standard InChI is InChI=1S/C20H19N3O4S/c1-28(26,27)11-10-18-19(24)23(20(25)22-18)13-14-6-8-15(9-7-14)17-5-3-2-4-16(17)12-21/h2-9,18H,10-11,13H2,1H3,(H,22,25)/t18-/m1/s1. The smallest absolute Gasteiger partial charge is 0.325 e. The number of urea groups is 1. The molecule has 3 amide bonds. The van der Waals surface area contributed by atoms with Gasteiger partial charge in [0.1, 0.15) is 15.9 Å². The maximum atomic E-state index is 12.4. The van der Waals surface area contributed by atoms with Crippen LogP contribution in [0.4, 0.5) is 4.79 Å². The Morgan fingerprint density at radius 2 is 1.79 bits per heavy atom. The normalized spacial score (nSPS) is 16.7. The van der Waals surface area contributed by atoms with Gasteiger partial charge in [0.2, 0.25) is 0 Å². The lowest BCUT2D eigenvalue weighted by Gasteiger charge is -2.13. The summed E-state index contributed by atoms with van der Waals surface area (Å²) in [4.78, 5) is 25.6. The van der Waals surface area contributed by atoms with Crippen molar-refractivity contribution in [2.75, 3.05) is 12.0 Å². The van der Waals surface area contributed by atoms with Crippen LogP contribution >= 0.6 is 0 Å². The molecule has 2 aromatic rings. The Morgan fingerprint density at radius 1 is 1.11 bits per heavy atom. The van der Waals surface area contributed by atoms with E-state index in [-0.39, 0.29) is 18.7 Å². The molecule has 1 aliphatic rings. The summed E-state index contributed by atoms with van der Waals surface area (Å²) in [6.07, 6.45) is 1.15. The molecule has 0 saturated carbocycles. The molecule has 2 aromatic carbocycles. The number of sulfone groups is 1. The molecule has 0 unspecified atom stereocenters. The van der Waals surface area contributed by atoms with E-state index < -0.39 is 27.8 Å². The van der Waals surface area contributed by atoms with Crippen LogP contribution in [0.1, 0.15) is 17.5 Å². The van der Waals surface area contributed by atoms with E-state index in [1.54, 1.807) is 24.3 Å². The Morgan fingerprint density at radius 3 is 2.43 bits per heavy atom. The lowest BCUT2D eigenvalue weighted by molar-refractivity contribution is -0.127. The van der Waals surface area contributed by atoms with Gasteiger partial charge in [-0.15, -0.1) is 0 Å². The first-order chi connectivity index (χ1) is 13.3.